The summed E-state index contributed by atoms with van der Waals surface area (Å²) in [5.41, 5.74) is -0.126. The van der Waals surface area contributed by atoms with E-state index in [1.807, 2.05) is 0 Å². The molecule has 0 saturated heterocycles. The van der Waals surface area contributed by atoms with E-state index < -0.39 is 0 Å². The molecule has 0 amide bonds. The second-order valence-electron chi connectivity index (χ2n) is 8.45. The van der Waals surface area contributed by atoms with Gasteiger partial charge in [0.15, 0.2) is 0 Å². The minimum atomic E-state index is -0.126. The molecule has 1 unspecified atom stereocenters. The van der Waals surface area contributed by atoms with Crippen LogP contribution in [0.4, 0.5) is 0 Å². The van der Waals surface area contributed by atoms with Crippen LogP contribution in [-0.2, 0) is 9.22 Å². The smallest absolute Gasteiger partial charge is 0.298 e. The number of carbonyl (C=O) groups is 1. The third kappa shape index (κ3) is 3.03. The lowest BCUT2D eigenvalue weighted by Crippen LogP contribution is -2.52. The number of hydrogen-bond donors (Lipinski definition) is 0. The van der Waals surface area contributed by atoms with Crippen LogP contribution in [0, 0.1) is 29.1 Å². The summed E-state index contributed by atoms with van der Waals surface area (Å²) in [6.07, 6.45) is 17.0. The third-order valence-corrected chi connectivity index (χ3v) is 7.99. The first kappa shape index (κ1) is 17.5. The van der Waals surface area contributed by atoms with Crippen LogP contribution >= 0.6 is 0 Å². The Hall–Kier alpha value is -0.313. The highest BCUT2D eigenvalue weighted by Crippen LogP contribution is 2.59. The third-order valence-electron chi connectivity index (χ3n) is 7.62. The van der Waals surface area contributed by atoms with Crippen LogP contribution in [0.2, 0.25) is 0 Å². The molecule has 3 heteroatoms. The van der Waals surface area contributed by atoms with Gasteiger partial charge in [-0.25, -0.2) is 0 Å². The lowest BCUT2D eigenvalue weighted by atomic mass is 9.54. The van der Waals surface area contributed by atoms with Crippen LogP contribution in [-0.4, -0.2) is 16.5 Å². The van der Waals surface area contributed by atoms with E-state index in [1.165, 1.54) is 83.5 Å². The highest BCUT2D eigenvalue weighted by Gasteiger charge is 2.58. The first-order valence-electron chi connectivity index (χ1n) is 10.3. The Balaban J connectivity index is 2.02. The van der Waals surface area contributed by atoms with E-state index >= 15 is 0 Å². The van der Waals surface area contributed by atoms with Crippen molar-refractivity contribution in [3.8, 4) is 0 Å². The fourth-order valence-corrected chi connectivity index (χ4v) is 7.18. The van der Waals surface area contributed by atoms with Gasteiger partial charge in [-0.1, -0.05) is 64.7 Å². The maximum absolute atomic E-state index is 13.4. The molecule has 0 bridgehead atoms. The summed E-state index contributed by atoms with van der Waals surface area (Å²) in [5.74, 6) is 2.80. The highest BCUT2D eigenvalue weighted by atomic mass is 28.2. The van der Waals surface area contributed by atoms with Gasteiger partial charge in [0, 0.05) is 0 Å². The topological polar surface area (TPSA) is 26.3 Å². The van der Waals surface area contributed by atoms with E-state index in [0.29, 0.717) is 28.2 Å². The van der Waals surface area contributed by atoms with Crippen LogP contribution in [0.3, 0.4) is 0 Å². The summed E-state index contributed by atoms with van der Waals surface area (Å²) in [5, 5.41) is 0. The number of carbonyl (C=O) groups excluding carboxylic acids is 1. The maximum atomic E-state index is 13.4. The molecule has 0 aromatic rings. The molecule has 0 aromatic heterocycles. The van der Waals surface area contributed by atoms with Gasteiger partial charge in [0.2, 0.25) is 10.5 Å². The average Bonchev–Trinajstić information content (AvgIpc) is 3.34. The minimum absolute atomic E-state index is 0.126. The fourth-order valence-electron chi connectivity index (χ4n) is 6.83. The molecular weight excluding hydrogens is 300 g/mol. The van der Waals surface area contributed by atoms with Gasteiger partial charge in [-0.15, -0.1) is 0 Å². The van der Waals surface area contributed by atoms with Crippen LogP contribution in [0.15, 0.2) is 0 Å². The zero-order valence-corrected chi connectivity index (χ0v) is 17.3. The molecule has 132 valence electrons. The van der Waals surface area contributed by atoms with Crippen molar-refractivity contribution in [3.05, 3.63) is 0 Å². The summed E-state index contributed by atoms with van der Waals surface area (Å²) >= 11 is 0. The van der Waals surface area contributed by atoms with Crippen molar-refractivity contribution in [2.24, 2.45) is 29.1 Å². The molecule has 2 nitrogen and oxygen atoms in total. The Kier molecular flexibility index (Phi) is 5.87. The molecule has 3 aliphatic rings. The summed E-state index contributed by atoms with van der Waals surface area (Å²) in [7, 11) is 0.560. The maximum Gasteiger partial charge on any atom is 0.298 e. The Bertz CT molecular complexity index is 374. The first-order chi connectivity index (χ1) is 11.2. The predicted molar refractivity (Wildman–Crippen MR) is 98.1 cm³/mol. The molecule has 0 N–H and O–H groups in total. The quantitative estimate of drug-likeness (QED) is 0.672. The zero-order valence-electron chi connectivity index (χ0n) is 15.3. The Labute approximate surface area is 145 Å². The van der Waals surface area contributed by atoms with Crippen molar-refractivity contribution in [1.82, 2.24) is 0 Å². The van der Waals surface area contributed by atoms with E-state index in [9.17, 15) is 4.79 Å². The van der Waals surface area contributed by atoms with E-state index in [0.717, 1.165) is 5.92 Å². The van der Waals surface area contributed by atoms with E-state index in [2.05, 4.69) is 6.92 Å². The molecular formula is C20H36O2Si. The molecule has 0 radical (unpaired) electrons. The van der Waals surface area contributed by atoms with Crippen LogP contribution < -0.4 is 0 Å². The fraction of sp³-hybridized carbons (Fsp3) is 0.950. The minimum Gasteiger partial charge on any atom is -0.528 e. The van der Waals surface area contributed by atoms with Crippen molar-refractivity contribution in [1.29, 1.82) is 0 Å². The summed E-state index contributed by atoms with van der Waals surface area (Å²) < 4.78 is 5.68. The SMILES string of the molecule is CCC(C1CCCC1)C(C(=O)O[SiH3])(C1CCCC1)C1CCCC1. The zero-order chi connectivity index (χ0) is 16.3. The molecule has 23 heavy (non-hydrogen) atoms. The van der Waals surface area contributed by atoms with Crippen molar-refractivity contribution >= 4 is 16.5 Å². The monoisotopic (exact) mass is 336 g/mol. The van der Waals surface area contributed by atoms with E-state index in [1.54, 1.807) is 0 Å². The largest absolute Gasteiger partial charge is 0.528 e. The van der Waals surface area contributed by atoms with Crippen LogP contribution in [0.1, 0.15) is 90.4 Å². The molecule has 0 aromatic carbocycles. The second kappa shape index (κ2) is 7.71. The first-order valence-corrected chi connectivity index (χ1v) is 11.1. The lowest BCUT2D eigenvalue weighted by molar-refractivity contribution is -0.163. The molecule has 3 aliphatic carbocycles. The Morgan fingerprint density at radius 2 is 1.39 bits per heavy atom. The summed E-state index contributed by atoms with van der Waals surface area (Å²) in [6, 6.07) is 0. The molecule has 1 atom stereocenters. The van der Waals surface area contributed by atoms with Crippen molar-refractivity contribution < 1.29 is 9.22 Å². The number of rotatable bonds is 6. The van der Waals surface area contributed by atoms with Gasteiger partial charge in [-0.2, -0.15) is 0 Å². The summed E-state index contributed by atoms with van der Waals surface area (Å²) in [6.45, 7) is 2.35. The van der Waals surface area contributed by atoms with Crippen LogP contribution in [0.25, 0.3) is 0 Å². The standard InChI is InChI=1S/C20H36O2Si/c1-2-18(15-9-3-4-10-15)20(19(21)22-23,16-11-5-6-12-16)17-13-7-8-14-17/h15-18H,2-14H2,1,23H3. The van der Waals surface area contributed by atoms with Gasteiger partial charge in [0.25, 0.3) is 5.97 Å². The van der Waals surface area contributed by atoms with Crippen LogP contribution in [0.5, 0.6) is 0 Å². The Morgan fingerprint density at radius 1 is 0.957 bits per heavy atom. The molecule has 0 spiro atoms. The van der Waals surface area contributed by atoms with E-state index in [-0.39, 0.29) is 11.4 Å². The van der Waals surface area contributed by atoms with Gasteiger partial charge < -0.3 is 4.43 Å². The normalized spacial score (nSPS) is 26.1. The molecule has 3 saturated carbocycles. The number of hydrogen-bond acceptors (Lipinski definition) is 2. The lowest BCUT2D eigenvalue weighted by Gasteiger charge is -2.49. The molecule has 3 fully saturated rings. The van der Waals surface area contributed by atoms with Gasteiger partial charge in [0.1, 0.15) is 0 Å². The van der Waals surface area contributed by atoms with E-state index in [4.69, 9.17) is 4.43 Å². The van der Waals surface area contributed by atoms with Gasteiger partial charge >= 0.3 is 0 Å². The van der Waals surface area contributed by atoms with Gasteiger partial charge in [-0.3, -0.25) is 4.79 Å². The molecule has 3 rings (SSSR count). The van der Waals surface area contributed by atoms with Crippen molar-refractivity contribution in [2.75, 3.05) is 0 Å². The van der Waals surface area contributed by atoms with Crippen molar-refractivity contribution in [2.45, 2.75) is 90.4 Å². The average molecular weight is 337 g/mol. The molecule has 0 heterocycles. The molecule has 0 aliphatic heterocycles. The highest BCUT2D eigenvalue weighted by molar-refractivity contribution is 6.06. The predicted octanol–water partition coefficient (Wildman–Crippen LogP) is 4.39. The van der Waals surface area contributed by atoms with Crippen molar-refractivity contribution in [3.63, 3.8) is 0 Å². The second-order valence-corrected chi connectivity index (χ2v) is 8.85. The van der Waals surface area contributed by atoms with Gasteiger partial charge in [-0.05, 0) is 49.4 Å². The Morgan fingerprint density at radius 3 is 1.78 bits per heavy atom. The summed E-state index contributed by atoms with van der Waals surface area (Å²) in [4.78, 5) is 13.4. The van der Waals surface area contributed by atoms with Gasteiger partial charge in [0.05, 0.1) is 5.41 Å².